The maximum absolute atomic E-state index is 14.0. The predicted molar refractivity (Wildman–Crippen MR) is 165 cm³/mol. The summed E-state index contributed by atoms with van der Waals surface area (Å²) in [6, 6.07) is 11.6. The zero-order chi connectivity index (χ0) is 32.1. The van der Waals surface area contributed by atoms with Crippen LogP contribution < -0.4 is 4.74 Å². The molecular formula is C31H40BrF3NO6P. The van der Waals surface area contributed by atoms with Gasteiger partial charge in [-0.3, -0.25) is 13.6 Å². The Morgan fingerprint density at radius 1 is 1.05 bits per heavy atom. The van der Waals surface area contributed by atoms with Crippen LogP contribution in [0.1, 0.15) is 71.6 Å². The lowest BCUT2D eigenvalue weighted by Crippen LogP contribution is -2.33. The fraction of sp³-hybridized carbons (Fsp3) is 0.516. The Hall–Kier alpha value is -2.17. The third-order valence-electron chi connectivity index (χ3n) is 5.81. The summed E-state index contributed by atoms with van der Waals surface area (Å²) in [5, 5.41) is 0. The molecule has 0 radical (unpaired) electrons. The van der Waals surface area contributed by atoms with Gasteiger partial charge in [0, 0.05) is 11.4 Å². The minimum absolute atomic E-state index is 0.0334. The van der Waals surface area contributed by atoms with Crippen LogP contribution in [0, 0.1) is 0 Å². The highest BCUT2D eigenvalue weighted by atomic mass is 79.9. The Morgan fingerprint density at radius 3 is 2.28 bits per heavy atom. The number of aliphatic imine (C=N–C) groups is 1. The van der Waals surface area contributed by atoms with Crippen molar-refractivity contribution in [3.63, 3.8) is 0 Å². The number of hydrogen-bond donors (Lipinski definition) is 0. The molecular weight excluding hydrogens is 650 g/mol. The Morgan fingerprint density at radius 2 is 1.72 bits per heavy atom. The van der Waals surface area contributed by atoms with Crippen molar-refractivity contribution in [2.24, 2.45) is 4.99 Å². The van der Waals surface area contributed by atoms with Crippen molar-refractivity contribution < 1.29 is 40.8 Å². The fourth-order valence-corrected chi connectivity index (χ4v) is 6.46. The topological polar surface area (TPSA) is 75.6 Å². The predicted octanol–water partition coefficient (Wildman–Crippen LogP) is 9.43. The Labute approximate surface area is 260 Å². The Kier molecular flexibility index (Phi) is 11.4. The molecule has 0 spiro atoms. The van der Waals surface area contributed by atoms with E-state index in [4.69, 9.17) is 23.0 Å². The lowest BCUT2D eigenvalue weighted by molar-refractivity contribution is -0.139. The molecule has 0 aliphatic carbocycles. The summed E-state index contributed by atoms with van der Waals surface area (Å²) in [7, 11) is -4.07. The van der Waals surface area contributed by atoms with Crippen LogP contribution in [-0.4, -0.2) is 42.5 Å². The van der Waals surface area contributed by atoms with Crippen molar-refractivity contribution in [1.82, 2.24) is 0 Å². The molecule has 0 aromatic heterocycles. The molecule has 3 rings (SSSR count). The summed E-state index contributed by atoms with van der Waals surface area (Å²) in [4.78, 5) is 4.50. The summed E-state index contributed by atoms with van der Waals surface area (Å²) in [5.74, 6) is 0.119. The molecule has 0 amide bonds. The van der Waals surface area contributed by atoms with Crippen LogP contribution in [0.3, 0.4) is 0 Å². The van der Waals surface area contributed by atoms with E-state index in [1.54, 1.807) is 54.5 Å². The molecule has 1 unspecified atom stereocenters. The number of benzene rings is 2. The standard InChI is InChI=1S/C31H40BrF3NO6P/c1-22-36-30(20-39-22,21-40-43(37,41-28(2,3)4)42-29(5,6)7)16-15-24-13-14-27(26(19-24)31(33,34)35)38-17-9-11-23-10-8-12-25(32)18-23/h8,10,12-16,18-19H,9,11,17,20-21H2,1-7H3. The van der Waals surface area contributed by atoms with Crippen molar-refractivity contribution >= 4 is 35.7 Å². The highest BCUT2D eigenvalue weighted by Gasteiger charge is 2.42. The molecule has 1 aliphatic rings. The quantitative estimate of drug-likeness (QED) is 0.163. The van der Waals surface area contributed by atoms with E-state index in [2.05, 4.69) is 20.9 Å². The molecule has 7 nitrogen and oxygen atoms in total. The van der Waals surface area contributed by atoms with Gasteiger partial charge in [0.25, 0.3) is 0 Å². The Bertz CT molecular complexity index is 1350. The first-order chi connectivity index (χ1) is 19.8. The van der Waals surface area contributed by atoms with E-state index in [1.807, 2.05) is 24.3 Å². The van der Waals surface area contributed by atoms with Crippen LogP contribution in [0.25, 0.3) is 6.08 Å². The molecule has 12 heteroatoms. The zero-order valence-electron chi connectivity index (χ0n) is 25.6. The first-order valence-corrected chi connectivity index (χ1v) is 16.2. The minimum atomic E-state index is -4.63. The molecule has 238 valence electrons. The van der Waals surface area contributed by atoms with E-state index >= 15 is 0 Å². The number of nitrogens with zero attached hydrogens (tertiary/aromatic N) is 1. The summed E-state index contributed by atoms with van der Waals surface area (Å²) in [5.41, 5.74) is -2.40. The van der Waals surface area contributed by atoms with Gasteiger partial charge in [0.05, 0.1) is 30.0 Å². The third kappa shape index (κ3) is 11.7. The van der Waals surface area contributed by atoms with E-state index in [-0.39, 0.29) is 31.1 Å². The van der Waals surface area contributed by atoms with E-state index in [9.17, 15) is 17.7 Å². The molecule has 0 fully saturated rings. The molecule has 1 heterocycles. The molecule has 0 saturated carbocycles. The normalized spacial score (nSPS) is 18.2. The second-order valence-electron chi connectivity index (χ2n) is 12.3. The first-order valence-electron chi connectivity index (χ1n) is 13.9. The average molecular weight is 691 g/mol. The van der Waals surface area contributed by atoms with Crippen LogP contribution in [0.2, 0.25) is 0 Å². The molecule has 0 saturated heterocycles. The molecule has 0 N–H and O–H groups in total. The van der Waals surface area contributed by atoms with Gasteiger partial charge in [-0.05, 0) is 89.8 Å². The molecule has 1 aliphatic heterocycles. The molecule has 1 atom stereocenters. The van der Waals surface area contributed by atoms with Gasteiger partial charge >= 0.3 is 14.0 Å². The van der Waals surface area contributed by atoms with E-state index < -0.39 is 36.3 Å². The van der Waals surface area contributed by atoms with Gasteiger partial charge in [-0.1, -0.05) is 46.3 Å². The van der Waals surface area contributed by atoms with Gasteiger partial charge in [0.2, 0.25) is 0 Å². The van der Waals surface area contributed by atoms with Crippen LogP contribution in [0.5, 0.6) is 5.75 Å². The number of halogens is 4. The van der Waals surface area contributed by atoms with E-state index in [1.165, 1.54) is 18.2 Å². The average Bonchev–Trinajstić information content (AvgIpc) is 3.23. The first kappa shape index (κ1) is 35.3. The number of ether oxygens (including phenoxy) is 2. The van der Waals surface area contributed by atoms with Crippen molar-refractivity contribution in [3.8, 4) is 5.75 Å². The fourth-order valence-electron chi connectivity index (χ4n) is 4.15. The van der Waals surface area contributed by atoms with Gasteiger partial charge in [-0.15, -0.1) is 0 Å². The summed E-state index contributed by atoms with van der Waals surface area (Å²) >= 11 is 3.42. The maximum Gasteiger partial charge on any atom is 0.475 e. The third-order valence-corrected chi connectivity index (χ3v) is 8.29. The maximum atomic E-state index is 14.0. The monoisotopic (exact) mass is 689 g/mol. The van der Waals surface area contributed by atoms with Crippen molar-refractivity contribution in [2.75, 3.05) is 19.8 Å². The van der Waals surface area contributed by atoms with E-state index in [0.717, 1.165) is 16.1 Å². The van der Waals surface area contributed by atoms with Crippen molar-refractivity contribution in [3.05, 3.63) is 69.7 Å². The van der Waals surface area contributed by atoms with Gasteiger partial charge < -0.3 is 9.47 Å². The second kappa shape index (κ2) is 13.9. The SMILES string of the molecule is CC1=NC(C=Cc2ccc(OCCCc3cccc(Br)c3)c(C(F)(F)F)c2)(COP(=O)(OC(C)(C)C)OC(C)(C)C)CO1. The summed E-state index contributed by atoms with van der Waals surface area (Å²) in [6.07, 6.45) is -0.326. The van der Waals surface area contributed by atoms with Gasteiger partial charge in [0.1, 0.15) is 17.9 Å². The summed E-state index contributed by atoms with van der Waals surface area (Å²) < 4.78 is 84.8. The molecule has 43 heavy (non-hydrogen) atoms. The van der Waals surface area contributed by atoms with Crippen LogP contribution >= 0.6 is 23.8 Å². The number of hydrogen-bond acceptors (Lipinski definition) is 7. The molecule has 2 aromatic rings. The van der Waals surface area contributed by atoms with Crippen LogP contribution in [0.15, 0.2) is 58.0 Å². The van der Waals surface area contributed by atoms with Gasteiger partial charge in [-0.25, -0.2) is 9.56 Å². The van der Waals surface area contributed by atoms with Gasteiger partial charge in [0.15, 0.2) is 5.90 Å². The number of phosphoric ester groups is 1. The van der Waals surface area contributed by atoms with Gasteiger partial charge in [-0.2, -0.15) is 13.2 Å². The van der Waals surface area contributed by atoms with Crippen LogP contribution in [0.4, 0.5) is 13.2 Å². The largest absolute Gasteiger partial charge is 0.493 e. The smallest absolute Gasteiger partial charge is 0.475 e. The number of aryl methyl sites for hydroxylation is 1. The Balaban J connectivity index is 1.78. The lowest BCUT2D eigenvalue weighted by Gasteiger charge is -2.32. The van der Waals surface area contributed by atoms with Crippen molar-refractivity contribution in [2.45, 2.75) is 84.2 Å². The summed E-state index contributed by atoms with van der Waals surface area (Å²) in [6.45, 7) is 11.9. The number of phosphoric acid groups is 1. The van der Waals surface area contributed by atoms with Crippen molar-refractivity contribution in [1.29, 1.82) is 0 Å². The second-order valence-corrected chi connectivity index (χ2v) is 14.8. The lowest BCUT2D eigenvalue weighted by atomic mass is 10.0. The highest BCUT2D eigenvalue weighted by Crippen LogP contribution is 2.56. The number of alkyl halides is 3. The zero-order valence-corrected chi connectivity index (χ0v) is 28.1. The van der Waals surface area contributed by atoms with Crippen LogP contribution in [-0.2, 0) is 35.5 Å². The van der Waals surface area contributed by atoms with E-state index in [0.29, 0.717) is 18.7 Å². The highest BCUT2D eigenvalue weighted by molar-refractivity contribution is 9.10. The minimum Gasteiger partial charge on any atom is -0.493 e. The molecule has 2 aromatic carbocycles. The molecule has 0 bridgehead atoms. The number of rotatable bonds is 12.